The Bertz CT molecular complexity index is 1150. The molecular formula is C27H27FN2O4. The fourth-order valence-corrected chi connectivity index (χ4v) is 4.16. The molecule has 4 rings (SSSR count). The molecule has 0 saturated carbocycles. The topological polar surface area (TPSA) is 67.9 Å². The van der Waals surface area contributed by atoms with Gasteiger partial charge in [-0.3, -0.25) is 9.59 Å². The highest BCUT2D eigenvalue weighted by atomic mass is 19.1. The molecule has 7 heteroatoms. The lowest BCUT2D eigenvalue weighted by molar-refractivity contribution is -0.118. The molecule has 1 fully saturated rings. The summed E-state index contributed by atoms with van der Waals surface area (Å²) in [5.74, 6) is 0.526. The first-order valence-corrected chi connectivity index (χ1v) is 11.2. The maximum atomic E-state index is 13.5. The van der Waals surface area contributed by atoms with Crippen LogP contribution in [-0.2, 0) is 11.2 Å². The number of halogens is 1. The summed E-state index contributed by atoms with van der Waals surface area (Å²) in [5.41, 5.74) is 2.06. The highest BCUT2D eigenvalue weighted by Gasteiger charge is 2.29. The molecule has 3 aromatic carbocycles. The Morgan fingerprint density at radius 2 is 1.82 bits per heavy atom. The highest BCUT2D eigenvalue weighted by molar-refractivity contribution is 5.95. The van der Waals surface area contributed by atoms with Crippen molar-refractivity contribution in [2.45, 2.75) is 25.3 Å². The van der Waals surface area contributed by atoms with Crippen LogP contribution in [0.15, 0.2) is 72.8 Å². The lowest BCUT2D eigenvalue weighted by Crippen LogP contribution is -2.36. The minimum Gasteiger partial charge on any atom is -0.497 e. The Morgan fingerprint density at radius 1 is 1.03 bits per heavy atom. The van der Waals surface area contributed by atoms with E-state index < -0.39 is 0 Å². The number of methoxy groups -OCH3 is 1. The van der Waals surface area contributed by atoms with Crippen molar-refractivity contribution in [3.8, 4) is 11.5 Å². The first-order chi connectivity index (χ1) is 16.5. The summed E-state index contributed by atoms with van der Waals surface area (Å²) in [4.78, 5) is 27.1. The average Bonchev–Trinajstić information content (AvgIpc) is 3.31. The Kier molecular flexibility index (Phi) is 7.42. The van der Waals surface area contributed by atoms with E-state index in [1.807, 2.05) is 11.0 Å². The summed E-state index contributed by atoms with van der Waals surface area (Å²) in [6, 6.07) is 20.4. The second-order valence-corrected chi connectivity index (χ2v) is 8.22. The monoisotopic (exact) mass is 462 g/mol. The maximum Gasteiger partial charge on any atom is 0.262 e. The van der Waals surface area contributed by atoms with Gasteiger partial charge in [0.25, 0.3) is 11.8 Å². The zero-order valence-electron chi connectivity index (χ0n) is 19.0. The Balaban J connectivity index is 1.31. The molecule has 1 saturated heterocycles. The van der Waals surface area contributed by atoms with Crippen molar-refractivity contribution in [3.63, 3.8) is 0 Å². The normalized spacial score (nSPS) is 15.1. The van der Waals surface area contributed by atoms with Crippen LogP contribution in [0.2, 0.25) is 0 Å². The smallest absolute Gasteiger partial charge is 0.262 e. The predicted octanol–water partition coefficient (Wildman–Crippen LogP) is 4.70. The lowest BCUT2D eigenvalue weighted by Gasteiger charge is -2.25. The van der Waals surface area contributed by atoms with E-state index in [2.05, 4.69) is 5.32 Å². The van der Waals surface area contributed by atoms with Gasteiger partial charge in [0.05, 0.1) is 7.11 Å². The van der Waals surface area contributed by atoms with Gasteiger partial charge in [-0.15, -0.1) is 0 Å². The van der Waals surface area contributed by atoms with Gasteiger partial charge in [0, 0.05) is 29.9 Å². The fraction of sp³-hybridized carbons (Fsp3) is 0.259. The lowest BCUT2D eigenvalue weighted by atomic mass is 10.0. The third-order valence-corrected chi connectivity index (χ3v) is 5.82. The van der Waals surface area contributed by atoms with E-state index in [9.17, 15) is 14.0 Å². The Morgan fingerprint density at radius 3 is 2.59 bits per heavy atom. The minimum absolute atomic E-state index is 0.0468. The second-order valence-electron chi connectivity index (χ2n) is 8.22. The molecule has 0 spiro atoms. The van der Waals surface area contributed by atoms with E-state index in [0.717, 1.165) is 18.4 Å². The molecule has 1 aliphatic heterocycles. The number of carbonyl (C=O) groups excluding carboxylic acids is 2. The zero-order valence-corrected chi connectivity index (χ0v) is 19.0. The number of nitrogens with one attached hydrogen (secondary N) is 1. The summed E-state index contributed by atoms with van der Waals surface area (Å²) in [5, 5.41) is 2.75. The fourth-order valence-electron chi connectivity index (χ4n) is 4.16. The summed E-state index contributed by atoms with van der Waals surface area (Å²) < 4.78 is 24.2. The van der Waals surface area contributed by atoms with Crippen LogP contribution in [0.4, 0.5) is 10.1 Å². The average molecular weight is 463 g/mol. The van der Waals surface area contributed by atoms with E-state index in [1.165, 1.54) is 12.1 Å². The largest absolute Gasteiger partial charge is 0.497 e. The zero-order chi connectivity index (χ0) is 23.9. The number of rotatable bonds is 8. The molecule has 0 radical (unpaired) electrons. The quantitative estimate of drug-likeness (QED) is 0.527. The molecule has 1 unspecified atom stereocenters. The van der Waals surface area contributed by atoms with Crippen molar-refractivity contribution < 1.29 is 23.5 Å². The molecule has 2 amide bonds. The predicted molar refractivity (Wildman–Crippen MR) is 128 cm³/mol. The number of likely N-dealkylation sites (tertiary alicyclic amines) is 1. The molecule has 3 aromatic rings. The molecular weight excluding hydrogens is 435 g/mol. The van der Waals surface area contributed by atoms with Gasteiger partial charge in [-0.1, -0.05) is 18.2 Å². The number of carbonyl (C=O) groups is 2. The number of amides is 2. The van der Waals surface area contributed by atoms with Crippen LogP contribution in [0, 0.1) is 5.82 Å². The van der Waals surface area contributed by atoms with Crippen molar-refractivity contribution in [1.29, 1.82) is 0 Å². The van der Waals surface area contributed by atoms with E-state index in [4.69, 9.17) is 9.47 Å². The molecule has 176 valence electrons. The molecule has 1 N–H and O–H groups in total. The first-order valence-electron chi connectivity index (χ1n) is 11.2. The molecule has 0 bridgehead atoms. The van der Waals surface area contributed by atoms with E-state index in [1.54, 1.807) is 61.7 Å². The van der Waals surface area contributed by atoms with Gasteiger partial charge in [-0.05, 0) is 73.4 Å². The van der Waals surface area contributed by atoms with Crippen LogP contribution < -0.4 is 14.8 Å². The van der Waals surface area contributed by atoms with Crippen LogP contribution in [0.1, 0.15) is 28.8 Å². The molecule has 0 aromatic heterocycles. The standard InChI is InChI=1S/C27H27FN2O4/c1-33-25-9-3-7-22(17-25)29-26(31)18-34-24-12-10-20(11-13-24)27(32)30-14-4-8-23(30)16-19-5-2-6-21(28)15-19/h2-3,5-7,9-13,15,17,23H,4,8,14,16,18H2,1H3,(H,29,31). The third kappa shape index (κ3) is 5.92. The third-order valence-electron chi connectivity index (χ3n) is 5.82. The summed E-state index contributed by atoms with van der Waals surface area (Å²) >= 11 is 0. The Labute approximate surface area is 198 Å². The number of anilines is 1. The second kappa shape index (κ2) is 10.8. The summed E-state index contributed by atoms with van der Waals surface area (Å²) in [6.45, 7) is 0.522. The molecule has 1 atom stereocenters. The van der Waals surface area contributed by atoms with Crippen molar-refractivity contribution in [2.75, 3.05) is 25.6 Å². The molecule has 34 heavy (non-hydrogen) atoms. The minimum atomic E-state index is -0.300. The van der Waals surface area contributed by atoms with E-state index in [0.29, 0.717) is 35.7 Å². The van der Waals surface area contributed by atoms with Crippen LogP contribution in [-0.4, -0.2) is 43.0 Å². The number of hydrogen-bond donors (Lipinski definition) is 1. The number of nitrogens with zero attached hydrogens (tertiary/aromatic N) is 1. The van der Waals surface area contributed by atoms with Gasteiger partial charge in [-0.25, -0.2) is 4.39 Å². The van der Waals surface area contributed by atoms with Gasteiger partial charge in [0.2, 0.25) is 0 Å². The Hall–Kier alpha value is -3.87. The van der Waals surface area contributed by atoms with Gasteiger partial charge >= 0.3 is 0 Å². The van der Waals surface area contributed by atoms with Crippen molar-refractivity contribution >= 4 is 17.5 Å². The molecule has 6 nitrogen and oxygen atoms in total. The SMILES string of the molecule is COc1cccc(NC(=O)COc2ccc(C(=O)N3CCCC3Cc3cccc(F)c3)cc2)c1. The molecule has 1 heterocycles. The number of hydrogen-bond acceptors (Lipinski definition) is 4. The molecule has 1 aliphatic rings. The van der Waals surface area contributed by atoms with E-state index in [-0.39, 0.29) is 30.3 Å². The summed E-state index contributed by atoms with van der Waals surface area (Å²) in [6.07, 6.45) is 2.45. The van der Waals surface area contributed by atoms with Crippen LogP contribution >= 0.6 is 0 Å². The van der Waals surface area contributed by atoms with Crippen LogP contribution in [0.5, 0.6) is 11.5 Å². The van der Waals surface area contributed by atoms with Crippen molar-refractivity contribution in [1.82, 2.24) is 4.90 Å². The maximum absolute atomic E-state index is 13.5. The number of benzene rings is 3. The number of ether oxygens (including phenoxy) is 2. The van der Waals surface area contributed by atoms with Crippen LogP contribution in [0.3, 0.4) is 0 Å². The highest BCUT2D eigenvalue weighted by Crippen LogP contribution is 2.24. The summed E-state index contributed by atoms with van der Waals surface area (Å²) in [7, 11) is 1.56. The first kappa shape index (κ1) is 23.3. The van der Waals surface area contributed by atoms with Crippen molar-refractivity contribution in [2.24, 2.45) is 0 Å². The van der Waals surface area contributed by atoms with Gasteiger partial charge in [0.1, 0.15) is 17.3 Å². The van der Waals surface area contributed by atoms with Gasteiger partial charge < -0.3 is 19.7 Å². The molecule has 0 aliphatic carbocycles. The van der Waals surface area contributed by atoms with Gasteiger partial charge in [-0.2, -0.15) is 0 Å². The van der Waals surface area contributed by atoms with E-state index >= 15 is 0 Å². The van der Waals surface area contributed by atoms with Crippen LogP contribution in [0.25, 0.3) is 0 Å². The van der Waals surface area contributed by atoms with Crippen molar-refractivity contribution in [3.05, 3.63) is 89.7 Å². The van der Waals surface area contributed by atoms with Gasteiger partial charge in [0.15, 0.2) is 6.61 Å².